The van der Waals surface area contributed by atoms with E-state index >= 15 is 0 Å². The maximum Gasteiger partial charge on any atom is 0.272 e. The number of hydrogen-bond acceptors (Lipinski definition) is 5. The third-order valence-electron chi connectivity index (χ3n) is 5.13. The smallest absolute Gasteiger partial charge is 0.272 e. The van der Waals surface area contributed by atoms with Crippen molar-refractivity contribution in [2.24, 2.45) is 0 Å². The fraction of sp³-hybridized carbons (Fsp3) is 0.765. The monoisotopic (exact) mass is 371 g/mol. The molecule has 3 rings (SSSR count). The molecule has 1 aromatic heterocycles. The summed E-state index contributed by atoms with van der Waals surface area (Å²) in [6, 6.07) is 0.462. The first-order chi connectivity index (χ1) is 11.7. The quantitative estimate of drug-likeness (QED) is 0.742. The molecule has 0 radical (unpaired) electrons. The zero-order valence-electron chi connectivity index (χ0n) is 15.2. The summed E-state index contributed by atoms with van der Waals surface area (Å²) in [7, 11) is 1.69. The number of ether oxygens (including phenoxy) is 1. The highest BCUT2D eigenvalue weighted by Gasteiger charge is 2.27. The van der Waals surface area contributed by atoms with Crippen LogP contribution in [0.3, 0.4) is 0 Å². The first-order valence-corrected chi connectivity index (χ1v) is 9.05. The lowest BCUT2D eigenvalue weighted by Gasteiger charge is -2.22. The molecular formula is C17H30ClN5O2. The summed E-state index contributed by atoms with van der Waals surface area (Å²) in [5.41, 5.74) is 2.80. The van der Waals surface area contributed by atoms with Gasteiger partial charge in [-0.15, -0.1) is 12.4 Å². The second kappa shape index (κ2) is 9.52. The highest BCUT2D eigenvalue weighted by molar-refractivity contribution is 5.94. The van der Waals surface area contributed by atoms with Crippen molar-refractivity contribution in [3.05, 3.63) is 17.0 Å². The summed E-state index contributed by atoms with van der Waals surface area (Å²) in [6.45, 7) is 8.03. The lowest BCUT2D eigenvalue weighted by Crippen LogP contribution is -2.40. The second-order valence-electron chi connectivity index (χ2n) is 6.55. The molecule has 3 heterocycles. The van der Waals surface area contributed by atoms with Crippen LogP contribution in [0, 0.1) is 0 Å². The van der Waals surface area contributed by atoms with Crippen LogP contribution in [0.25, 0.3) is 0 Å². The number of nitrogens with zero attached hydrogens (tertiary/aromatic N) is 3. The van der Waals surface area contributed by atoms with E-state index in [-0.39, 0.29) is 18.3 Å². The summed E-state index contributed by atoms with van der Waals surface area (Å²) in [5, 5.41) is 11.0. The predicted molar refractivity (Wildman–Crippen MR) is 99.4 cm³/mol. The lowest BCUT2D eigenvalue weighted by atomic mass is 10.1. The van der Waals surface area contributed by atoms with Crippen molar-refractivity contribution < 1.29 is 9.53 Å². The van der Waals surface area contributed by atoms with E-state index in [4.69, 9.17) is 4.74 Å². The van der Waals surface area contributed by atoms with E-state index in [1.165, 1.54) is 12.1 Å². The van der Waals surface area contributed by atoms with Crippen molar-refractivity contribution in [3.63, 3.8) is 0 Å². The Kier molecular flexibility index (Phi) is 7.68. The average molecular weight is 372 g/mol. The number of likely N-dealkylation sites (N-methyl/N-ethyl adjacent to an activating group) is 1. The topological polar surface area (TPSA) is 71.4 Å². The van der Waals surface area contributed by atoms with Crippen LogP contribution in [0.1, 0.15) is 41.5 Å². The van der Waals surface area contributed by atoms with E-state index in [1.807, 2.05) is 4.68 Å². The standard InChI is InChI=1S/C17H29N5O2.ClH/c1-3-21-8-4-5-13(21)11-19-17(23)16-14-12-18-7-6-15(14)22(20-16)9-10-24-2;/h13,18H,3-12H2,1-2H3,(H,19,23);1H. The molecule has 1 fully saturated rings. The minimum Gasteiger partial charge on any atom is -0.383 e. The van der Waals surface area contributed by atoms with Gasteiger partial charge in [-0.25, -0.2) is 0 Å². The number of carbonyl (C=O) groups is 1. The van der Waals surface area contributed by atoms with Gasteiger partial charge in [-0.05, 0) is 25.9 Å². The molecule has 25 heavy (non-hydrogen) atoms. The molecule has 1 aromatic rings. The number of aromatic nitrogens is 2. The van der Waals surface area contributed by atoms with E-state index < -0.39 is 0 Å². The number of nitrogens with one attached hydrogen (secondary N) is 2. The van der Waals surface area contributed by atoms with Gasteiger partial charge in [0.25, 0.3) is 5.91 Å². The van der Waals surface area contributed by atoms with Gasteiger partial charge in [-0.3, -0.25) is 14.4 Å². The highest BCUT2D eigenvalue weighted by Crippen LogP contribution is 2.19. The Balaban J connectivity index is 0.00000225. The van der Waals surface area contributed by atoms with Gasteiger partial charge in [0.15, 0.2) is 5.69 Å². The predicted octanol–water partition coefficient (Wildman–Crippen LogP) is 0.811. The van der Waals surface area contributed by atoms with Gasteiger partial charge in [-0.1, -0.05) is 6.92 Å². The van der Waals surface area contributed by atoms with E-state index in [1.54, 1.807) is 7.11 Å². The largest absolute Gasteiger partial charge is 0.383 e. The fourth-order valence-corrected chi connectivity index (χ4v) is 3.80. The van der Waals surface area contributed by atoms with Gasteiger partial charge in [-0.2, -0.15) is 5.10 Å². The molecule has 1 unspecified atom stereocenters. The van der Waals surface area contributed by atoms with Crippen LogP contribution in [0.15, 0.2) is 0 Å². The Morgan fingerprint density at radius 2 is 2.32 bits per heavy atom. The van der Waals surface area contributed by atoms with E-state index in [2.05, 4.69) is 27.6 Å². The maximum absolute atomic E-state index is 12.7. The van der Waals surface area contributed by atoms with Gasteiger partial charge in [0.2, 0.25) is 0 Å². The molecule has 0 bridgehead atoms. The van der Waals surface area contributed by atoms with Crippen molar-refractivity contribution in [1.82, 2.24) is 25.3 Å². The Morgan fingerprint density at radius 3 is 3.08 bits per heavy atom. The minimum absolute atomic E-state index is 0. The summed E-state index contributed by atoms with van der Waals surface area (Å²) >= 11 is 0. The van der Waals surface area contributed by atoms with Crippen molar-refractivity contribution in [2.45, 2.75) is 45.3 Å². The molecule has 1 amide bonds. The van der Waals surface area contributed by atoms with Crippen LogP contribution in [0.2, 0.25) is 0 Å². The van der Waals surface area contributed by atoms with Crippen LogP contribution in [0.5, 0.6) is 0 Å². The number of rotatable bonds is 7. The molecule has 2 aliphatic heterocycles. The van der Waals surface area contributed by atoms with Crippen molar-refractivity contribution in [1.29, 1.82) is 0 Å². The Bertz CT molecular complexity index is 578. The average Bonchev–Trinajstić information content (AvgIpc) is 3.22. The molecule has 0 spiro atoms. The molecule has 2 aliphatic rings. The number of likely N-dealkylation sites (tertiary alicyclic amines) is 1. The van der Waals surface area contributed by atoms with Gasteiger partial charge in [0.1, 0.15) is 0 Å². The number of fused-ring (bicyclic) bond motifs is 1. The Morgan fingerprint density at radius 1 is 1.48 bits per heavy atom. The van der Waals surface area contributed by atoms with Crippen LogP contribution in [-0.4, -0.2) is 66.5 Å². The molecule has 0 aliphatic carbocycles. The zero-order chi connectivity index (χ0) is 16.9. The first-order valence-electron chi connectivity index (χ1n) is 9.05. The van der Waals surface area contributed by atoms with Crippen LogP contribution < -0.4 is 10.6 Å². The first kappa shape index (κ1) is 20.2. The van der Waals surface area contributed by atoms with Crippen molar-refractivity contribution >= 4 is 18.3 Å². The second-order valence-corrected chi connectivity index (χ2v) is 6.55. The Hall–Kier alpha value is -1.15. The molecule has 8 heteroatoms. The molecule has 2 N–H and O–H groups in total. The number of methoxy groups -OCH3 is 1. The van der Waals surface area contributed by atoms with Crippen LogP contribution >= 0.6 is 12.4 Å². The number of halogens is 1. The fourth-order valence-electron chi connectivity index (χ4n) is 3.80. The molecule has 1 saturated heterocycles. The lowest BCUT2D eigenvalue weighted by molar-refractivity contribution is 0.0934. The summed E-state index contributed by atoms with van der Waals surface area (Å²) in [6.07, 6.45) is 3.29. The van der Waals surface area contributed by atoms with Gasteiger partial charge in [0, 0.05) is 50.5 Å². The van der Waals surface area contributed by atoms with Gasteiger partial charge >= 0.3 is 0 Å². The van der Waals surface area contributed by atoms with Gasteiger partial charge in [0.05, 0.1) is 13.2 Å². The number of amides is 1. The molecular weight excluding hydrogens is 342 g/mol. The third-order valence-corrected chi connectivity index (χ3v) is 5.13. The summed E-state index contributed by atoms with van der Waals surface area (Å²) in [5.74, 6) is -0.0472. The van der Waals surface area contributed by atoms with E-state index in [0.29, 0.717) is 31.4 Å². The molecule has 0 aromatic carbocycles. The molecule has 142 valence electrons. The SMILES string of the molecule is CCN1CCCC1CNC(=O)c1nn(CCOC)c2c1CNCC2.Cl. The van der Waals surface area contributed by atoms with E-state index in [9.17, 15) is 4.79 Å². The van der Waals surface area contributed by atoms with E-state index in [0.717, 1.165) is 44.6 Å². The van der Waals surface area contributed by atoms with Gasteiger partial charge < -0.3 is 15.4 Å². The highest BCUT2D eigenvalue weighted by atomic mass is 35.5. The molecule has 1 atom stereocenters. The normalized spacial score (nSPS) is 20.2. The number of carbonyl (C=O) groups excluding carboxylic acids is 1. The zero-order valence-corrected chi connectivity index (χ0v) is 16.0. The molecule has 0 saturated carbocycles. The van der Waals surface area contributed by atoms with Crippen molar-refractivity contribution in [2.75, 3.05) is 39.9 Å². The third kappa shape index (κ3) is 4.53. The van der Waals surface area contributed by atoms with Crippen LogP contribution in [0.4, 0.5) is 0 Å². The van der Waals surface area contributed by atoms with Crippen molar-refractivity contribution in [3.8, 4) is 0 Å². The Labute approximate surface area is 155 Å². The summed E-state index contributed by atoms with van der Waals surface area (Å²) < 4.78 is 7.11. The van der Waals surface area contributed by atoms with Crippen LogP contribution in [-0.2, 0) is 24.2 Å². The maximum atomic E-state index is 12.7. The number of hydrogen-bond donors (Lipinski definition) is 2. The molecule has 7 nitrogen and oxygen atoms in total. The minimum atomic E-state index is -0.0472. The summed E-state index contributed by atoms with van der Waals surface area (Å²) in [4.78, 5) is 15.1.